The second-order valence-electron chi connectivity index (χ2n) is 6.39. The molecule has 0 saturated carbocycles. The van der Waals surface area contributed by atoms with E-state index in [9.17, 15) is 14.4 Å². The lowest BCUT2D eigenvalue weighted by molar-refractivity contribution is -0.139. The Morgan fingerprint density at radius 3 is 2.39 bits per heavy atom. The Balaban J connectivity index is 2.17. The molecule has 7 nitrogen and oxygen atoms in total. The highest BCUT2D eigenvalue weighted by atomic mass is 16.5. The Bertz CT molecular complexity index is 913. The minimum Gasteiger partial charge on any atom is -0.465 e. The summed E-state index contributed by atoms with van der Waals surface area (Å²) in [5, 5.41) is 0. The van der Waals surface area contributed by atoms with Gasteiger partial charge in [0.1, 0.15) is 5.70 Å². The molecular weight excluding hydrogens is 360 g/mol. The summed E-state index contributed by atoms with van der Waals surface area (Å²) < 4.78 is 9.77. The van der Waals surface area contributed by atoms with E-state index in [1.807, 2.05) is 25.1 Å². The van der Waals surface area contributed by atoms with Gasteiger partial charge in [-0.3, -0.25) is 4.79 Å². The molecule has 0 N–H and O–H groups in total. The van der Waals surface area contributed by atoms with Crippen LogP contribution in [0.2, 0.25) is 0 Å². The van der Waals surface area contributed by atoms with E-state index in [0.717, 1.165) is 17.7 Å². The Hall–Kier alpha value is -3.35. The van der Waals surface area contributed by atoms with E-state index in [-0.39, 0.29) is 17.2 Å². The van der Waals surface area contributed by atoms with Crippen LogP contribution in [0.5, 0.6) is 0 Å². The first-order chi connectivity index (χ1) is 13.5. The largest absolute Gasteiger partial charge is 0.465 e. The van der Waals surface area contributed by atoms with Crippen molar-refractivity contribution in [1.29, 1.82) is 0 Å². The molecule has 146 valence electrons. The van der Waals surface area contributed by atoms with Gasteiger partial charge in [0, 0.05) is 24.9 Å². The van der Waals surface area contributed by atoms with Crippen molar-refractivity contribution in [3.63, 3.8) is 0 Å². The van der Waals surface area contributed by atoms with Gasteiger partial charge in [-0.15, -0.1) is 0 Å². The summed E-state index contributed by atoms with van der Waals surface area (Å²) >= 11 is 0. The van der Waals surface area contributed by atoms with Crippen LogP contribution >= 0.6 is 0 Å². The Morgan fingerprint density at radius 2 is 1.75 bits per heavy atom. The molecule has 0 aliphatic carbocycles. The fourth-order valence-corrected chi connectivity index (χ4v) is 3.42. The number of hydrogen-bond donors (Lipinski definition) is 0. The number of hydrogen-bond acceptors (Lipinski definition) is 6. The highest BCUT2D eigenvalue weighted by Gasteiger charge is 2.30. The van der Waals surface area contributed by atoms with Crippen LogP contribution in [0, 0.1) is 6.92 Å². The van der Waals surface area contributed by atoms with Gasteiger partial charge < -0.3 is 19.3 Å². The average Bonchev–Trinajstić information content (AvgIpc) is 3.00. The van der Waals surface area contributed by atoms with E-state index in [2.05, 4.69) is 0 Å². The molecule has 7 heteroatoms. The Kier molecular flexibility index (Phi) is 5.63. The lowest BCUT2D eigenvalue weighted by Crippen LogP contribution is -2.29. The Labute approximate surface area is 163 Å². The van der Waals surface area contributed by atoms with Crippen molar-refractivity contribution in [2.75, 3.05) is 30.6 Å². The molecule has 0 bridgehead atoms. The summed E-state index contributed by atoms with van der Waals surface area (Å²) in [5.41, 5.74) is 2.40. The van der Waals surface area contributed by atoms with Gasteiger partial charge in [0.05, 0.1) is 25.5 Å². The van der Waals surface area contributed by atoms with Gasteiger partial charge >= 0.3 is 11.9 Å². The first kappa shape index (κ1) is 19.4. The summed E-state index contributed by atoms with van der Waals surface area (Å²) in [6.45, 7) is 2.54. The number of allylic oxidation sites excluding steroid dienone is 2. The zero-order valence-electron chi connectivity index (χ0n) is 16.1. The number of carbonyl (C=O) groups is 3. The molecule has 28 heavy (non-hydrogen) atoms. The van der Waals surface area contributed by atoms with Crippen LogP contribution in [-0.4, -0.2) is 38.6 Å². The van der Waals surface area contributed by atoms with Crippen molar-refractivity contribution < 1.29 is 23.9 Å². The third-order valence-corrected chi connectivity index (χ3v) is 4.79. The molecule has 2 aliphatic rings. The van der Waals surface area contributed by atoms with Crippen molar-refractivity contribution >= 4 is 29.2 Å². The molecule has 0 aromatic heterocycles. The number of amides is 1. The fourth-order valence-electron chi connectivity index (χ4n) is 3.42. The minimum atomic E-state index is -0.668. The van der Waals surface area contributed by atoms with Gasteiger partial charge in [-0.2, -0.15) is 0 Å². The Morgan fingerprint density at radius 1 is 1.04 bits per heavy atom. The molecule has 1 aromatic carbocycles. The lowest BCUT2D eigenvalue weighted by Gasteiger charge is -2.27. The highest BCUT2D eigenvalue weighted by Crippen LogP contribution is 2.35. The quantitative estimate of drug-likeness (QED) is 0.745. The maximum Gasteiger partial charge on any atom is 0.355 e. The van der Waals surface area contributed by atoms with Crippen molar-refractivity contribution in [1.82, 2.24) is 0 Å². The smallest absolute Gasteiger partial charge is 0.355 e. The maximum absolute atomic E-state index is 12.6. The second-order valence-corrected chi connectivity index (χ2v) is 6.39. The zero-order valence-corrected chi connectivity index (χ0v) is 16.1. The lowest BCUT2D eigenvalue weighted by atomic mass is 10.1. The number of anilines is 2. The van der Waals surface area contributed by atoms with E-state index >= 15 is 0 Å². The van der Waals surface area contributed by atoms with E-state index < -0.39 is 11.9 Å². The molecule has 0 radical (unpaired) electrons. The predicted octanol–water partition coefficient (Wildman–Crippen LogP) is 2.61. The summed E-state index contributed by atoms with van der Waals surface area (Å²) in [7, 11) is 2.51. The number of rotatable bonds is 4. The van der Waals surface area contributed by atoms with Crippen molar-refractivity contribution in [2.24, 2.45) is 0 Å². The molecule has 3 rings (SSSR count). The van der Waals surface area contributed by atoms with Crippen LogP contribution in [-0.2, 0) is 23.9 Å². The van der Waals surface area contributed by atoms with Gasteiger partial charge in [0.15, 0.2) is 0 Å². The van der Waals surface area contributed by atoms with Crippen LogP contribution in [0.15, 0.2) is 53.9 Å². The molecular formula is C21H22N2O5. The van der Waals surface area contributed by atoms with Crippen LogP contribution < -0.4 is 9.80 Å². The van der Waals surface area contributed by atoms with Gasteiger partial charge in [-0.25, -0.2) is 9.59 Å². The van der Waals surface area contributed by atoms with Gasteiger partial charge in [-0.05, 0) is 43.2 Å². The number of esters is 2. The van der Waals surface area contributed by atoms with Crippen LogP contribution in [0.3, 0.4) is 0 Å². The van der Waals surface area contributed by atoms with E-state index in [0.29, 0.717) is 18.7 Å². The number of benzene rings is 1. The topological polar surface area (TPSA) is 76.2 Å². The third-order valence-electron chi connectivity index (χ3n) is 4.79. The van der Waals surface area contributed by atoms with Crippen LogP contribution in [0.4, 0.5) is 11.4 Å². The number of nitrogens with zero attached hydrogens (tertiary/aromatic N) is 2. The van der Waals surface area contributed by atoms with E-state index in [1.165, 1.54) is 20.3 Å². The zero-order chi connectivity index (χ0) is 20.3. The van der Waals surface area contributed by atoms with Crippen molar-refractivity contribution in [3.05, 3.63) is 59.5 Å². The van der Waals surface area contributed by atoms with Gasteiger partial charge in [-0.1, -0.05) is 12.1 Å². The first-order valence-electron chi connectivity index (χ1n) is 8.94. The van der Waals surface area contributed by atoms with Gasteiger partial charge in [0.2, 0.25) is 5.91 Å². The third kappa shape index (κ3) is 3.43. The normalized spacial score (nSPS) is 16.5. The molecule has 1 amide bonds. The number of ether oxygens (including phenoxy) is 2. The average molecular weight is 382 g/mol. The van der Waals surface area contributed by atoms with E-state index in [1.54, 1.807) is 28.2 Å². The minimum absolute atomic E-state index is 0.0485. The summed E-state index contributed by atoms with van der Waals surface area (Å²) in [6, 6.07) is 5.53. The maximum atomic E-state index is 12.6. The molecule has 2 heterocycles. The van der Waals surface area contributed by atoms with Crippen LogP contribution in [0.25, 0.3) is 0 Å². The molecule has 1 aromatic rings. The molecule has 1 saturated heterocycles. The standard InChI is InChI=1S/C21H22N2O5/c1-14-16(22-13-7-11-18(22)24)9-6-10-17(14)23-12-5-4-8-15(20(25)27-2)19(23)21(26)28-3/h4-6,8-10,12H,7,11,13H2,1-3H3. The summed E-state index contributed by atoms with van der Waals surface area (Å²) in [4.78, 5) is 40.4. The molecule has 0 spiro atoms. The van der Waals surface area contributed by atoms with Crippen molar-refractivity contribution in [3.8, 4) is 0 Å². The number of methoxy groups -OCH3 is 2. The summed E-state index contributed by atoms with van der Waals surface area (Å²) in [5.74, 6) is -1.24. The highest BCUT2D eigenvalue weighted by molar-refractivity contribution is 6.06. The van der Waals surface area contributed by atoms with Crippen molar-refractivity contribution in [2.45, 2.75) is 19.8 Å². The molecule has 2 aliphatic heterocycles. The molecule has 0 atom stereocenters. The molecule has 0 unspecified atom stereocenters. The molecule has 1 fully saturated rings. The van der Waals surface area contributed by atoms with Gasteiger partial charge in [0.25, 0.3) is 0 Å². The second kappa shape index (κ2) is 8.12. The van der Waals surface area contributed by atoms with Crippen LogP contribution in [0.1, 0.15) is 18.4 Å². The number of carbonyl (C=O) groups excluding carboxylic acids is 3. The van der Waals surface area contributed by atoms with E-state index in [4.69, 9.17) is 9.47 Å². The SMILES string of the molecule is COC(=O)C1=C(C(=O)OC)N(c2cccc(N3CCCC3=O)c2C)C=CC=C1. The summed E-state index contributed by atoms with van der Waals surface area (Å²) in [6.07, 6.45) is 7.89. The fraction of sp³-hybridized carbons (Fsp3) is 0.286. The predicted molar refractivity (Wildman–Crippen MR) is 105 cm³/mol. The first-order valence-corrected chi connectivity index (χ1v) is 8.94. The monoisotopic (exact) mass is 382 g/mol.